The van der Waals surface area contributed by atoms with Crippen molar-refractivity contribution >= 4 is 17.4 Å². The van der Waals surface area contributed by atoms with Crippen LogP contribution in [0.25, 0.3) is 0 Å². The van der Waals surface area contributed by atoms with E-state index < -0.39 is 0 Å². The molecule has 9 heteroatoms. The Labute approximate surface area is 213 Å². The Morgan fingerprint density at radius 1 is 1.11 bits per heavy atom. The fourth-order valence-electron chi connectivity index (χ4n) is 4.80. The average molecular weight is 499 g/mol. The van der Waals surface area contributed by atoms with E-state index in [0.717, 1.165) is 69.7 Å². The molecule has 0 aliphatic carbocycles. The van der Waals surface area contributed by atoms with Gasteiger partial charge in [-0.05, 0) is 93.4 Å². The van der Waals surface area contributed by atoms with Crippen LogP contribution in [0.3, 0.4) is 0 Å². The minimum absolute atomic E-state index is 0.118. The molecule has 0 atom stereocenters. The molecule has 2 aromatic rings. The van der Waals surface area contributed by atoms with Gasteiger partial charge in [0.25, 0.3) is 0 Å². The Kier molecular flexibility index (Phi) is 10.3. The van der Waals surface area contributed by atoms with Crippen molar-refractivity contribution in [2.45, 2.75) is 59.1 Å². The number of likely N-dealkylation sites (tertiary alicyclic amines) is 2. The third-order valence-corrected chi connectivity index (χ3v) is 6.85. The number of halogens is 1. The molecule has 4 rings (SSSR count). The Morgan fingerprint density at radius 3 is 2.33 bits per heavy atom. The number of hydrogen-bond donors (Lipinski definition) is 2. The van der Waals surface area contributed by atoms with Crippen molar-refractivity contribution < 1.29 is 14.3 Å². The van der Waals surface area contributed by atoms with Crippen LogP contribution in [-0.2, 0) is 16.3 Å². The van der Waals surface area contributed by atoms with Crippen molar-refractivity contribution in [3.05, 3.63) is 53.5 Å². The van der Waals surface area contributed by atoms with Crippen LogP contribution in [0, 0.1) is 24.2 Å². The van der Waals surface area contributed by atoms with Crippen LogP contribution in [0.4, 0.5) is 10.3 Å². The summed E-state index contributed by atoms with van der Waals surface area (Å²) < 4.78 is 10.6. The fraction of sp³-hybridized carbons (Fsp3) is 0.556. The molecule has 0 unspecified atom stereocenters. The second-order valence-electron chi connectivity index (χ2n) is 9.96. The Hall–Kier alpha value is -2.91. The monoisotopic (exact) mass is 498 g/mol. The summed E-state index contributed by atoms with van der Waals surface area (Å²) in [7, 11) is 0. The highest BCUT2D eigenvalue weighted by atomic mass is 19.3. The fourth-order valence-corrected chi connectivity index (χ4v) is 4.80. The normalized spacial score (nSPS) is 17.5. The molecule has 2 fully saturated rings. The number of piperidine rings is 2. The van der Waals surface area contributed by atoms with E-state index >= 15 is 0 Å². The van der Waals surface area contributed by atoms with E-state index in [1.54, 1.807) is 26.2 Å². The zero-order chi connectivity index (χ0) is 26.1. The number of amides is 1. The van der Waals surface area contributed by atoms with Gasteiger partial charge in [0, 0.05) is 43.9 Å². The second kappa shape index (κ2) is 13.4. The number of carbonyl (C=O) groups is 1. The first-order valence-electron chi connectivity index (χ1n) is 12.8. The predicted octanol–water partition coefficient (Wildman–Crippen LogP) is 4.18. The highest BCUT2D eigenvalue weighted by molar-refractivity contribution is 5.99. The van der Waals surface area contributed by atoms with E-state index in [9.17, 15) is 9.32 Å². The number of nitrogens with two attached hydrogens (primary N) is 1. The van der Waals surface area contributed by atoms with E-state index in [-0.39, 0.29) is 17.9 Å². The van der Waals surface area contributed by atoms with Gasteiger partial charge in [-0.15, -0.1) is 0 Å². The number of aromatic nitrogens is 2. The summed E-state index contributed by atoms with van der Waals surface area (Å²) in [5.41, 5.74) is 9.42. The smallest absolute Gasteiger partial charge is 0.225 e. The van der Waals surface area contributed by atoms with Crippen LogP contribution in [0.15, 0.2) is 36.7 Å². The number of anilines is 1. The summed E-state index contributed by atoms with van der Waals surface area (Å²) in [6.45, 7) is 9.46. The minimum Gasteiger partial charge on any atom is -0.384 e. The molecule has 2 aliphatic heterocycles. The zero-order valence-electron chi connectivity index (χ0n) is 21.6. The van der Waals surface area contributed by atoms with Gasteiger partial charge in [0.15, 0.2) is 0 Å². The lowest BCUT2D eigenvalue weighted by molar-refractivity contribution is -0.165. The minimum atomic E-state index is -0.282. The van der Waals surface area contributed by atoms with E-state index in [1.165, 1.54) is 5.56 Å². The molecule has 0 aromatic carbocycles. The summed E-state index contributed by atoms with van der Waals surface area (Å²) in [5.74, 6) is 1.16. The van der Waals surface area contributed by atoms with Crippen molar-refractivity contribution in [2.75, 3.05) is 31.9 Å². The number of nitrogen functional groups attached to an aromatic ring is 1. The van der Waals surface area contributed by atoms with Gasteiger partial charge in [0.05, 0.1) is 17.5 Å². The van der Waals surface area contributed by atoms with Gasteiger partial charge >= 0.3 is 0 Å². The zero-order valence-corrected chi connectivity index (χ0v) is 21.6. The second-order valence-corrected chi connectivity index (χ2v) is 9.96. The number of carbonyl (C=O) groups excluding carboxylic acids is 1. The number of nitrogens with zero attached hydrogens (tertiary/aromatic N) is 4. The molecule has 0 saturated carbocycles. The third-order valence-electron chi connectivity index (χ3n) is 6.85. The molecule has 2 aromatic heterocycles. The maximum absolute atomic E-state index is 13.1. The highest BCUT2D eigenvalue weighted by Crippen LogP contribution is 2.26. The quantitative estimate of drug-likeness (QED) is 0.579. The number of aryl methyl sites for hydroxylation is 1. The maximum Gasteiger partial charge on any atom is 0.225 e. The maximum atomic E-state index is 13.1. The van der Waals surface area contributed by atoms with Gasteiger partial charge in [0.1, 0.15) is 5.82 Å². The Morgan fingerprint density at radius 2 is 1.75 bits per heavy atom. The molecule has 0 radical (unpaired) electrons. The molecule has 3 N–H and O–H groups in total. The van der Waals surface area contributed by atoms with Gasteiger partial charge < -0.3 is 16.0 Å². The van der Waals surface area contributed by atoms with Crippen LogP contribution in [0.2, 0.25) is 0 Å². The standard InChI is InChI=1S/C24H32N6O.C3H7FO/c1-17-3-2-9-28-23(17)22(26)19-7-13-30(14-8-19)24(31)20-5-11-29(12-6-20)16-18-4-10-27-21(25)15-18;1-3(2)5-4/h2-4,9-10,15,19-20,26H,5-8,11-14,16H2,1H3,(H2,25,27);3H,1-2H3. The first kappa shape index (κ1) is 27.7. The molecule has 1 amide bonds. The molecule has 0 spiro atoms. The topological polar surface area (TPSA) is 108 Å². The van der Waals surface area contributed by atoms with Gasteiger partial charge in [0.2, 0.25) is 5.91 Å². The number of nitrogens with one attached hydrogen (secondary N) is 1. The van der Waals surface area contributed by atoms with E-state index in [2.05, 4.69) is 19.8 Å². The van der Waals surface area contributed by atoms with Crippen molar-refractivity contribution in [1.29, 1.82) is 5.41 Å². The number of pyridine rings is 2. The number of hydrogen-bond acceptors (Lipinski definition) is 7. The predicted molar refractivity (Wildman–Crippen MR) is 139 cm³/mol. The molecule has 2 aliphatic rings. The van der Waals surface area contributed by atoms with Crippen molar-refractivity contribution in [3.63, 3.8) is 0 Å². The summed E-state index contributed by atoms with van der Waals surface area (Å²) in [6, 6.07) is 7.84. The lowest BCUT2D eigenvalue weighted by atomic mass is 9.87. The summed E-state index contributed by atoms with van der Waals surface area (Å²) >= 11 is 0. The van der Waals surface area contributed by atoms with Crippen LogP contribution in [0.5, 0.6) is 0 Å². The van der Waals surface area contributed by atoms with Gasteiger partial charge in [-0.25, -0.2) is 4.98 Å². The Balaban J connectivity index is 0.000000658. The molecule has 196 valence electrons. The van der Waals surface area contributed by atoms with E-state index in [0.29, 0.717) is 17.4 Å². The highest BCUT2D eigenvalue weighted by Gasteiger charge is 2.32. The largest absolute Gasteiger partial charge is 0.384 e. The number of rotatable bonds is 6. The first-order valence-corrected chi connectivity index (χ1v) is 12.8. The van der Waals surface area contributed by atoms with Gasteiger partial charge in [-0.1, -0.05) is 6.07 Å². The molecule has 8 nitrogen and oxygen atoms in total. The summed E-state index contributed by atoms with van der Waals surface area (Å²) in [6.07, 6.45) is 6.73. The van der Waals surface area contributed by atoms with E-state index in [4.69, 9.17) is 11.1 Å². The molecule has 4 heterocycles. The SMILES string of the molecule is CC(C)OF.Cc1cccnc1C(=N)C1CCN(C(=O)C2CCN(Cc3ccnc(N)c3)CC2)CC1. The summed E-state index contributed by atoms with van der Waals surface area (Å²) in [5, 5.41) is 8.58. The van der Waals surface area contributed by atoms with Gasteiger partial charge in [-0.2, -0.15) is 4.94 Å². The van der Waals surface area contributed by atoms with Crippen LogP contribution in [-0.4, -0.2) is 63.7 Å². The van der Waals surface area contributed by atoms with Gasteiger partial charge in [-0.3, -0.25) is 14.7 Å². The molecular weight excluding hydrogens is 459 g/mol. The first-order chi connectivity index (χ1) is 17.3. The molecule has 0 bridgehead atoms. The third kappa shape index (κ3) is 7.80. The van der Waals surface area contributed by atoms with E-state index in [1.807, 2.05) is 36.1 Å². The average Bonchev–Trinajstić information content (AvgIpc) is 2.89. The van der Waals surface area contributed by atoms with Crippen LogP contribution in [0.1, 0.15) is 56.4 Å². The van der Waals surface area contributed by atoms with Crippen molar-refractivity contribution in [2.24, 2.45) is 11.8 Å². The van der Waals surface area contributed by atoms with Crippen LogP contribution < -0.4 is 5.73 Å². The van der Waals surface area contributed by atoms with Crippen LogP contribution >= 0.6 is 0 Å². The summed E-state index contributed by atoms with van der Waals surface area (Å²) in [4.78, 5) is 29.2. The Bertz CT molecular complexity index is 1000. The molecule has 36 heavy (non-hydrogen) atoms. The van der Waals surface area contributed by atoms with Crippen molar-refractivity contribution in [1.82, 2.24) is 19.8 Å². The lowest BCUT2D eigenvalue weighted by Gasteiger charge is -2.37. The van der Waals surface area contributed by atoms with Crippen molar-refractivity contribution in [3.8, 4) is 0 Å². The molecular formula is C27H39FN6O2. The molecule has 2 saturated heterocycles. The lowest BCUT2D eigenvalue weighted by Crippen LogP contribution is -2.46.